The molecule has 0 aromatic rings. The number of thioether (sulfide) groups is 1. The maximum Gasteiger partial charge on any atom is -0.00518 e. The molecule has 0 bridgehead atoms. The lowest BCUT2D eigenvalue weighted by atomic mass is 10.1. The van der Waals surface area contributed by atoms with E-state index in [1.807, 2.05) is 11.8 Å². The van der Waals surface area contributed by atoms with Crippen molar-refractivity contribution in [1.29, 1.82) is 0 Å². The van der Waals surface area contributed by atoms with E-state index in [1.165, 1.54) is 31.4 Å². The average molecular weight is 142 g/mol. The molecule has 1 rings (SSSR count). The first-order valence-electron chi connectivity index (χ1n) is 3.75. The van der Waals surface area contributed by atoms with Gasteiger partial charge in [0.1, 0.15) is 0 Å². The smallest absolute Gasteiger partial charge is 0.00518 e. The van der Waals surface area contributed by atoms with E-state index in [4.69, 9.17) is 0 Å². The molecule has 0 heterocycles. The quantitative estimate of drug-likeness (QED) is 0.570. The van der Waals surface area contributed by atoms with Gasteiger partial charge >= 0.3 is 0 Å². The van der Waals surface area contributed by atoms with Crippen molar-refractivity contribution in [1.82, 2.24) is 0 Å². The first-order valence-corrected chi connectivity index (χ1v) is 4.74. The lowest BCUT2D eigenvalue weighted by molar-refractivity contribution is 0.723. The maximum absolute atomic E-state index is 2.40. The number of allylic oxidation sites excluding steroid dienone is 2. The summed E-state index contributed by atoms with van der Waals surface area (Å²) in [5, 5.41) is 0. The molecule has 0 aliphatic heterocycles. The van der Waals surface area contributed by atoms with E-state index in [0.717, 1.165) is 0 Å². The summed E-state index contributed by atoms with van der Waals surface area (Å²) in [6.07, 6.45) is 7.89. The highest BCUT2D eigenvalue weighted by molar-refractivity contribution is 8.03. The predicted molar refractivity (Wildman–Crippen MR) is 44.7 cm³/mol. The van der Waals surface area contributed by atoms with Gasteiger partial charge in [-0.25, -0.2) is 0 Å². The van der Waals surface area contributed by atoms with Gasteiger partial charge in [-0.2, -0.15) is 0 Å². The maximum atomic E-state index is 2.40. The van der Waals surface area contributed by atoms with E-state index in [0.29, 0.717) is 0 Å². The van der Waals surface area contributed by atoms with Crippen molar-refractivity contribution in [3.05, 3.63) is 11.0 Å². The van der Waals surface area contributed by atoms with Gasteiger partial charge in [0.25, 0.3) is 0 Å². The summed E-state index contributed by atoms with van der Waals surface area (Å²) >= 11 is 2.01. The first kappa shape index (κ1) is 7.20. The molecular formula is C8H14S. The minimum absolute atomic E-state index is 1.24. The Labute approximate surface area is 61.7 Å². The second kappa shape index (κ2) is 3.99. The van der Waals surface area contributed by atoms with Crippen molar-refractivity contribution in [3.8, 4) is 0 Å². The molecule has 0 saturated carbocycles. The molecular weight excluding hydrogens is 128 g/mol. The van der Waals surface area contributed by atoms with Crippen LogP contribution < -0.4 is 0 Å². The Balaban J connectivity index is 2.28. The lowest BCUT2D eigenvalue weighted by Crippen LogP contribution is -1.87. The Morgan fingerprint density at radius 3 is 3.00 bits per heavy atom. The fourth-order valence-corrected chi connectivity index (χ4v) is 2.02. The molecule has 0 N–H and O–H groups in total. The molecule has 0 aromatic heterocycles. The molecule has 0 aromatic carbocycles. The van der Waals surface area contributed by atoms with E-state index in [2.05, 4.69) is 13.0 Å². The summed E-state index contributed by atoms with van der Waals surface area (Å²) in [6, 6.07) is 0. The van der Waals surface area contributed by atoms with Crippen molar-refractivity contribution < 1.29 is 0 Å². The zero-order valence-corrected chi connectivity index (χ0v) is 6.84. The van der Waals surface area contributed by atoms with Gasteiger partial charge < -0.3 is 0 Å². The fourth-order valence-electron chi connectivity index (χ4n) is 1.13. The summed E-state index contributed by atoms with van der Waals surface area (Å²) in [5.74, 6) is 1.24. The van der Waals surface area contributed by atoms with Crippen LogP contribution in [-0.2, 0) is 0 Å². The molecule has 0 unspecified atom stereocenters. The summed E-state index contributed by atoms with van der Waals surface area (Å²) in [7, 11) is 0. The summed E-state index contributed by atoms with van der Waals surface area (Å²) in [4.78, 5) is 1.63. The van der Waals surface area contributed by atoms with Gasteiger partial charge in [0.2, 0.25) is 0 Å². The van der Waals surface area contributed by atoms with Crippen LogP contribution in [0.15, 0.2) is 11.0 Å². The van der Waals surface area contributed by atoms with Gasteiger partial charge in [0, 0.05) is 0 Å². The lowest BCUT2D eigenvalue weighted by Gasteiger charge is -2.09. The molecule has 0 nitrogen and oxygen atoms in total. The molecule has 0 radical (unpaired) electrons. The van der Waals surface area contributed by atoms with Gasteiger partial charge in [0.05, 0.1) is 0 Å². The van der Waals surface area contributed by atoms with E-state index in [9.17, 15) is 0 Å². The van der Waals surface area contributed by atoms with Crippen molar-refractivity contribution in [3.63, 3.8) is 0 Å². The predicted octanol–water partition coefficient (Wildman–Crippen LogP) is 3.20. The topological polar surface area (TPSA) is 0 Å². The molecule has 52 valence electrons. The minimum atomic E-state index is 1.24. The van der Waals surface area contributed by atoms with Gasteiger partial charge in [-0.1, -0.05) is 13.0 Å². The molecule has 0 fully saturated rings. The van der Waals surface area contributed by atoms with E-state index in [-0.39, 0.29) is 0 Å². The Morgan fingerprint density at radius 1 is 1.56 bits per heavy atom. The third-order valence-electron chi connectivity index (χ3n) is 1.58. The fraction of sp³-hybridized carbons (Fsp3) is 0.750. The van der Waals surface area contributed by atoms with E-state index in [1.54, 1.807) is 4.91 Å². The highest BCUT2D eigenvalue weighted by Gasteiger charge is 2.01. The third-order valence-corrected chi connectivity index (χ3v) is 2.61. The van der Waals surface area contributed by atoms with Crippen LogP contribution in [0.2, 0.25) is 0 Å². The largest absolute Gasteiger partial charge is 0.131 e. The normalized spacial score (nSPS) is 19.4. The van der Waals surface area contributed by atoms with Crippen LogP contribution in [-0.4, -0.2) is 5.75 Å². The van der Waals surface area contributed by atoms with Crippen molar-refractivity contribution in [2.45, 2.75) is 32.6 Å². The Hall–Kier alpha value is 0.0900. The molecule has 0 atom stereocenters. The second-order valence-electron chi connectivity index (χ2n) is 2.35. The van der Waals surface area contributed by atoms with Crippen molar-refractivity contribution >= 4 is 11.8 Å². The number of rotatable bonds is 2. The number of hydrogen-bond donors (Lipinski definition) is 0. The highest BCUT2D eigenvalue weighted by Crippen LogP contribution is 2.26. The van der Waals surface area contributed by atoms with Crippen LogP contribution in [0.1, 0.15) is 32.6 Å². The SMILES string of the molecule is CCSC1=CCCCC1. The van der Waals surface area contributed by atoms with Gasteiger partial charge in [0.15, 0.2) is 0 Å². The van der Waals surface area contributed by atoms with Crippen LogP contribution in [0.4, 0.5) is 0 Å². The van der Waals surface area contributed by atoms with Crippen LogP contribution in [0.5, 0.6) is 0 Å². The second-order valence-corrected chi connectivity index (χ2v) is 3.74. The first-order chi connectivity index (χ1) is 4.43. The van der Waals surface area contributed by atoms with Gasteiger partial charge in [-0.3, -0.25) is 0 Å². The van der Waals surface area contributed by atoms with Crippen molar-refractivity contribution in [2.75, 3.05) is 5.75 Å². The summed E-state index contributed by atoms with van der Waals surface area (Å²) in [5.41, 5.74) is 0. The molecule has 0 amide bonds. The minimum Gasteiger partial charge on any atom is -0.131 e. The molecule has 9 heavy (non-hydrogen) atoms. The van der Waals surface area contributed by atoms with Gasteiger partial charge in [-0.05, 0) is 36.3 Å². The molecule has 1 aliphatic carbocycles. The van der Waals surface area contributed by atoms with Crippen LogP contribution in [0.3, 0.4) is 0 Å². The van der Waals surface area contributed by atoms with Crippen LogP contribution >= 0.6 is 11.8 Å². The molecule has 0 saturated heterocycles. The summed E-state index contributed by atoms with van der Waals surface area (Å²) < 4.78 is 0. The average Bonchev–Trinajstić information content (AvgIpc) is 1.91. The monoisotopic (exact) mass is 142 g/mol. The standard InChI is InChI=1S/C8H14S/c1-2-9-8-6-4-3-5-7-8/h6H,2-5,7H2,1H3. The van der Waals surface area contributed by atoms with Crippen LogP contribution in [0.25, 0.3) is 0 Å². The van der Waals surface area contributed by atoms with E-state index >= 15 is 0 Å². The Morgan fingerprint density at radius 2 is 2.44 bits per heavy atom. The Bertz CT molecular complexity index is 105. The zero-order valence-electron chi connectivity index (χ0n) is 6.02. The van der Waals surface area contributed by atoms with Crippen molar-refractivity contribution in [2.24, 2.45) is 0 Å². The third kappa shape index (κ3) is 2.44. The summed E-state index contributed by atoms with van der Waals surface area (Å²) in [6.45, 7) is 2.22. The van der Waals surface area contributed by atoms with E-state index < -0.39 is 0 Å². The van der Waals surface area contributed by atoms with Gasteiger partial charge in [-0.15, -0.1) is 11.8 Å². The van der Waals surface area contributed by atoms with Crippen LogP contribution in [0, 0.1) is 0 Å². The molecule has 0 spiro atoms. The highest BCUT2D eigenvalue weighted by atomic mass is 32.2. The number of hydrogen-bond acceptors (Lipinski definition) is 1. The molecule has 1 heteroatoms. The zero-order chi connectivity index (χ0) is 6.53. The molecule has 1 aliphatic rings. The Kier molecular flexibility index (Phi) is 3.20.